The third-order valence-electron chi connectivity index (χ3n) is 8.84. The molecule has 0 saturated carbocycles. The average Bonchev–Trinajstić information content (AvgIpc) is 3.55. The summed E-state index contributed by atoms with van der Waals surface area (Å²) < 4.78 is 10.6. The van der Waals surface area contributed by atoms with E-state index in [2.05, 4.69) is 15.6 Å². The second-order valence-corrected chi connectivity index (χ2v) is 13.8. The number of ether oxygens (including phenoxy) is 2. The van der Waals surface area contributed by atoms with Gasteiger partial charge in [-0.15, -0.1) is 11.3 Å². The van der Waals surface area contributed by atoms with E-state index in [1.807, 2.05) is 56.1 Å². The second kappa shape index (κ2) is 18.6. The largest absolute Gasteiger partial charge is 0.469 e. The SMILES string of the molecule is COC(=O)[C@@H](C)C[C@H](Cc1ccccc1)NC(=O)c1csc([C@@H](C[C@H](C(C)C)N(C)C(=O)CNC(=O)[C@H]2CCCCN2C)OC(C)=O)n1. The standard InChI is InChI=1S/C35H51N5O7S/c1-22(2)29(40(6)31(42)20-36-33(44)28-15-11-12-16-39(28)5)19-30(47-24(4)41)34-38-27(21-48-34)32(43)37-26(17-23(3)35(45)46-7)18-25-13-9-8-10-14-25/h8-10,13-14,21-23,26,28-30H,11-12,15-20H2,1-7H3,(H,36,44)(H,37,43)/t23-,26+,28+,29+,30+/m0/s1. The van der Waals surface area contributed by atoms with Crippen molar-refractivity contribution in [1.29, 1.82) is 0 Å². The van der Waals surface area contributed by atoms with Gasteiger partial charge in [-0.2, -0.15) is 0 Å². The molecule has 264 valence electrons. The number of carbonyl (C=O) groups is 5. The first-order valence-electron chi connectivity index (χ1n) is 16.6. The number of hydrogen-bond acceptors (Lipinski definition) is 10. The molecule has 0 aliphatic carbocycles. The predicted octanol–water partition coefficient (Wildman–Crippen LogP) is 3.76. The van der Waals surface area contributed by atoms with Crippen LogP contribution in [0.3, 0.4) is 0 Å². The van der Waals surface area contributed by atoms with E-state index in [1.54, 1.807) is 24.3 Å². The molecule has 12 nitrogen and oxygen atoms in total. The fourth-order valence-corrected chi connectivity index (χ4v) is 6.95. The Morgan fingerprint density at radius 3 is 2.42 bits per heavy atom. The quantitative estimate of drug-likeness (QED) is 0.252. The maximum absolute atomic E-state index is 13.4. The van der Waals surface area contributed by atoms with Gasteiger partial charge in [0, 0.05) is 37.9 Å². The van der Waals surface area contributed by atoms with Gasteiger partial charge in [-0.25, -0.2) is 4.98 Å². The van der Waals surface area contributed by atoms with Gasteiger partial charge in [0.25, 0.3) is 5.91 Å². The van der Waals surface area contributed by atoms with Gasteiger partial charge in [0.15, 0.2) is 6.10 Å². The van der Waals surface area contributed by atoms with Crippen molar-refractivity contribution in [2.75, 3.05) is 34.3 Å². The lowest BCUT2D eigenvalue weighted by Crippen LogP contribution is -2.51. The number of nitrogens with one attached hydrogen (secondary N) is 2. The molecule has 2 aromatic rings. The third kappa shape index (κ3) is 11.4. The maximum Gasteiger partial charge on any atom is 0.308 e. The minimum atomic E-state index is -0.804. The van der Waals surface area contributed by atoms with E-state index in [-0.39, 0.29) is 60.5 Å². The van der Waals surface area contributed by atoms with Crippen molar-refractivity contribution < 1.29 is 33.4 Å². The summed E-state index contributed by atoms with van der Waals surface area (Å²) in [6, 6.07) is 8.71. The third-order valence-corrected chi connectivity index (χ3v) is 9.78. The van der Waals surface area contributed by atoms with Crippen LogP contribution >= 0.6 is 11.3 Å². The number of benzene rings is 1. The van der Waals surface area contributed by atoms with Crippen molar-refractivity contribution in [1.82, 2.24) is 25.4 Å². The van der Waals surface area contributed by atoms with Crippen LogP contribution in [0.15, 0.2) is 35.7 Å². The molecule has 48 heavy (non-hydrogen) atoms. The number of esters is 2. The van der Waals surface area contributed by atoms with Crippen molar-refractivity contribution >= 4 is 41.0 Å². The van der Waals surface area contributed by atoms with Crippen molar-refractivity contribution in [2.45, 2.75) is 90.4 Å². The first kappa shape index (κ1) is 38.6. The van der Waals surface area contributed by atoms with Gasteiger partial charge in [0.05, 0.1) is 25.6 Å². The Balaban J connectivity index is 1.72. The van der Waals surface area contributed by atoms with Crippen molar-refractivity contribution in [3.8, 4) is 0 Å². The zero-order valence-corrected chi connectivity index (χ0v) is 30.0. The molecule has 1 aromatic carbocycles. The van der Waals surface area contributed by atoms with Gasteiger partial charge in [0.2, 0.25) is 11.8 Å². The summed E-state index contributed by atoms with van der Waals surface area (Å²) in [5.74, 6) is -2.15. The molecular weight excluding hydrogens is 634 g/mol. The lowest BCUT2D eigenvalue weighted by Gasteiger charge is -2.34. The van der Waals surface area contributed by atoms with Crippen molar-refractivity contribution in [2.24, 2.45) is 11.8 Å². The molecule has 1 saturated heterocycles. The topological polar surface area (TPSA) is 147 Å². The van der Waals surface area contributed by atoms with Crippen molar-refractivity contribution in [3.05, 3.63) is 52.0 Å². The molecule has 3 rings (SSSR count). The number of rotatable bonds is 16. The highest BCUT2D eigenvalue weighted by Crippen LogP contribution is 2.30. The number of thiazole rings is 1. The van der Waals surface area contributed by atoms with Gasteiger partial charge < -0.3 is 25.0 Å². The van der Waals surface area contributed by atoms with Crippen LogP contribution in [0.5, 0.6) is 0 Å². The molecule has 0 radical (unpaired) electrons. The number of nitrogens with zero attached hydrogens (tertiary/aromatic N) is 3. The first-order valence-corrected chi connectivity index (χ1v) is 17.5. The summed E-state index contributed by atoms with van der Waals surface area (Å²) in [6.45, 7) is 7.72. The summed E-state index contributed by atoms with van der Waals surface area (Å²) >= 11 is 1.20. The Kier molecular flexibility index (Phi) is 15.0. The lowest BCUT2D eigenvalue weighted by molar-refractivity contribution is -0.148. The first-order chi connectivity index (χ1) is 22.8. The van der Waals surface area contributed by atoms with E-state index in [0.717, 1.165) is 31.4 Å². The number of piperidine rings is 1. The van der Waals surface area contributed by atoms with E-state index in [9.17, 15) is 24.0 Å². The Morgan fingerprint density at radius 2 is 1.79 bits per heavy atom. The van der Waals surface area contributed by atoms with Crippen LogP contribution in [0.1, 0.15) is 87.0 Å². The minimum absolute atomic E-state index is 0.0181. The molecule has 13 heteroatoms. The molecule has 0 bridgehead atoms. The number of likely N-dealkylation sites (tertiary alicyclic amines) is 1. The van der Waals surface area contributed by atoms with Crippen LogP contribution in [-0.4, -0.2) is 96.9 Å². The van der Waals surface area contributed by atoms with Crippen LogP contribution in [0.2, 0.25) is 0 Å². The van der Waals surface area contributed by atoms with Crippen LogP contribution in [0.4, 0.5) is 0 Å². The second-order valence-electron chi connectivity index (χ2n) is 13.0. The molecule has 5 atom stereocenters. The lowest BCUT2D eigenvalue weighted by atomic mass is 9.96. The van der Waals surface area contributed by atoms with Crippen LogP contribution in [0.25, 0.3) is 0 Å². The molecule has 2 heterocycles. The van der Waals surface area contributed by atoms with E-state index in [0.29, 0.717) is 17.8 Å². The Labute approximate surface area is 287 Å². The minimum Gasteiger partial charge on any atom is -0.469 e. The highest BCUT2D eigenvalue weighted by molar-refractivity contribution is 7.09. The summed E-state index contributed by atoms with van der Waals surface area (Å²) in [4.78, 5) is 72.0. The molecule has 1 aliphatic heterocycles. The fourth-order valence-electron chi connectivity index (χ4n) is 6.11. The summed E-state index contributed by atoms with van der Waals surface area (Å²) in [5.41, 5.74) is 1.17. The van der Waals surface area contributed by atoms with E-state index < -0.39 is 23.9 Å². The molecule has 3 amide bonds. The Hall–Kier alpha value is -3.84. The van der Waals surface area contributed by atoms with Gasteiger partial charge >= 0.3 is 11.9 Å². The molecule has 2 N–H and O–H groups in total. The predicted molar refractivity (Wildman–Crippen MR) is 183 cm³/mol. The van der Waals surface area contributed by atoms with E-state index in [1.165, 1.54) is 25.4 Å². The zero-order chi connectivity index (χ0) is 35.4. The molecule has 0 spiro atoms. The number of likely N-dealkylation sites (N-methyl/N-ethyl adjacent to an activating group) is 2. The van der Waals surface area contributed by atoms with E-state index >= 15 is 0 Å². The summed E-state index contributed by atoms with van der Waals surface area (Å²) in [6.07, 6.45) is 3.12. The fraction of sp³-hybridized carbons (Fsp3) is 0.600. The van der Waals surface area contributed by atoms with Gasteiger partial charge in [-0.1, -0.05) is 57.5 Å². The molecule has 1 aliphatic rings. The van der Waals surface area contributed by atoms with Gasteiger partial charge in [-0.3, -0.25) is 28.9 Å². The maximum atomic E-state index is 13.4. The average molecular weight is 686 g/mol. The molecule has 1 aromatic heterocycles. The van der Waals surface area contributed by atoms with Crippen LogP contribution in [-0.2, 0) is 35.1 Å². The Bertz CT molecular complexity index is 1380. The normalized spacial score (nSPS) is 17.5. The molecule has 0 unspecified atom stereocenters. The monoisotopic (exact) mass is 685 g/mol. The number of amides is 3. The zero-order valence-electron chi connectivity index (χ0n) is 29.2. The number of carbonyl (C=O) groups excluding carboxylic acids is 5. The Morgan fingerprint density at radius 1 is 1.08 bits per heavy atom. The van der Waals surface area contributed by atoms with Crippen LogP contribution in [0, 0.1) is 11.8 Å². The van der Waals surface area contributed by atoms with Gasteiger partial charge in [-0.05, 0) is 50.8 Å². The summed E-state index contributed by atoms with van der Waals surface area (Å²) in [5, 5.41) is 7.87. The number of aromatic nitrogens is 1. The van der Waals surface area contributed by atoms with Crippen LogP contribution < -0.4 is 10.6 Å². The molecular formula is C35H51N5O7S. The number of methoxy groups -OCH3 is 1. The van der Waals surface area contributed by atoms with Crippen molar-refractivity contribution in [3.63, 3.8) is 0 Å². The number of hydrogen-bond donors (Lipinski definition) is 2. The molecule has 1 fully saturated rings. The van der Waals surface area contributed by atoms with E-state index in [4.69, 9.17) is 9.47 Å². The van der Waals surface area contributed by atoms with Gasteiger partial charge in [0.1, 0.15) is 10.7 Å². The highest BCUT2D eigenvalue weighted by Gasteiger charge is 2.32. The summed E-state index contributed by atoms with van der Waals surface area (Å²) in [7, 11) is 4.94. The highest BCUT2D eigenvalue weighted by atomic mass is 32.1. The smallest absolute Gasteiger partial charge is 0.308 e.